The fourth-order valence-corrected chi connectivity index (χ4v) is 3.02. The quantitative estimate of drug-likeness (QED) is 0.406. The van der Waals surface area contributed by atoms with Crippen LogP contribution in [0.15, 0.2) is 42.7 Å². The molecule has 1 aromatic heterocycles. The van der Waals surface area contributed by atoms with Gasteiger partial charge in [-0.1, -0.05) is 12.1 Å². The van der Waals surface area contributed by atoms with Gasteiger partial charge in [0.15, 0.2) is 0 Å². The van der Waals surface area contributed by atoms with Crippen LogP contribution < -0.4 is 10.1 Å². The number of methoxy groups -OCH3 is 1. The van der Waals surface area contributed by atoms with Crippen LogP contribution in [0.25, 0.3) is 6.08 Å². The summed E-state index contributed by atoms with van der Waals surface area (Å²) in [6, 6.07) is 8.28. The maximum Gasteiger partial charge on any atom is 0.330 e. The van der Waals surface area contributed by atoms with Gasteiger partial charge in [-0.3, -0.25) is 9.88 Å². The van der Waals surface area contributed by atoms with Gasteiger partial charge in [-0.25, -0.2) is 9.78 Å². The van der Waals surface area contributed by atoms with Gasteiger partial charge in [0.25, 0.3) is 0 Å². The van der Waals surface area contributed by atoms with Crippen molar-refractivity contribution in [3.63, 3.8) is 0 Å². The van der Waals surface area contributed by atoms with Crippen LogP contribution in [0.4, 0.5) is 5.82 Å². The summed E-state index contributed by atoms with van der Waals surface area (Å²) >= 11 is 0. The number of nitrogens with zero attached hydrogens (tertiary/aromatic N) is 3. The molecule has 1 saturated heterocycles. The zero-order valence-electron chi connectivity index (χ0n) is 16.1. The minimum absolute atomic E-state index is 0.425. The second-order valence-electron chi connectivity index (χ2n) is 6.59. The smallest absolute Gasteiger partial charge is 0.330 e. The van der Waals surface area contributed by atoms with Crippen molar-refractivity contribution in [2.75, 3.05) is 38.7 Å². The van der Waals surface area contributed by atoms with Crippen LogP contribution in [0.3, 0.4) is 0 Å². The van der Waals surface area contributed by atoms with Crippen LogP contribution in [0.5, 0.6) is 5.75 Å². The predicted octanol–water partition coefficient (Wildman–Crippen LogP) is 2.75. The average Bonchev–Trinajstić information content (AvgIpc) is 3.23. The monoisotopic (exact) mass is 382 g/mol. The van der Waals surface area contributed by atoms with E-state index in [9.17, 15) is 4.79 Å². The number of anilines is 1. The van der Waals surface area contributed by atoms with E-state index < -0.39 is 5.97 Å². The number of aromatic nitrogens is 2. The molecule has 0 atom stereocenters. The standard InChI is InChI=1S/C21H26N4O3/c1-27-21(26)8-7-18-14-24-20(15-23-18)22-9-12-28-19-6-4-5-17(13-19)16-25-10-2-3-11-25/h4-8,13-15H,2-3,9-12,16H2,1H3,(H,22,24). The number of rotatable bonds is 9. The number of carbonyl (C=O) groups is 1. The number of hydrogen-bond donors (Lipinski definition) is 1. The zero-order valence-corrected chi connectivity index (χ0v) is 16.1. The van der Waals surface area contributed by atoms with Gasteiger partial charge in [0, 0.05) is 12.6 Å². The molecular formula is C21H26N4O3. The second-order valence-corrected chi connectivity index (χ2v) is 6.59. The van der Waals surface area contributed by atoms with Crippen molar-refractivity contribution >= 4 is 17.9 Å². The molecule has 1 N–H and O–H groups in total. The van der Waals surface area contributed by atoms with Gasteiger partial charge in [0.1, 0.15) is 18.2 Å². The highest BCUT2D eigenvalue weighted by Gasteiger charge is 2.11. The molecular weight excluding hydrogens is 356 g/mol. The summed E-state index contributed by atoms with van der Waals surface area (Å²) < 4.78 is 10.4. The first kappa shape index (κ1) is 19.8. The molecule has 1 aromatic carbocycles. The van der Waals surface area contributed by atoms with Crippen LogP contribution in [0.1, 0.15) is 24.1 Å². The number of hydrogen-bond acceptors (Lipinski definition) is 7. The number of ether oxygens (including phenoxy) is 2. The van der Waals surface area contributed by atoms with Crippen molar-refractivity contribution < 1.29 is 14.3 Å². The first-order valence-corrected chi connectivity index (χ1v) is 9.49. The average molecular weight is 382 g/mol. The third-order valence-corrected chi connectivity index (χ3v) is 4.44. The van der Waals surface area contributed by atoms with Gasteiger partial charge >= 0.3 is 5.97 Å². The van der Waals surface area contributed by atoms with Crippen molar-refractivity contribution in [1.82, 2.24) is 14.9 Å². The normalized spacial score (nSPS) is 14.3. The Morgan fingerprint density at radius 2 is 2.11 bits per heavy atom. The first-order chi connectivity index (χ1) is 13.7. The Morgan fingerprint density at radius 3 is 2.86 bits per heavy atom. The van der Waals surface area contributed by atoms with Gasteiger partial charge in [-0.2, -0.15) is 0 Å². The van der Waals surface area contributed by atoms with E-state index in [4.69, 9.17) is 4.74 Å². The van der Waals surface area contributed by atoms with E-state index in [1.54, 1.807) is 18.5 Å². The van der Waals surface area contributed by atoms with Crippen molar-refractivity contribution in [2.24, 2.45) is 0 Å². The number of likely N-dealkylation sites (tertiary alicyclic amines) is 1. The van der Waals surface area contributed by atoms with Crippen molar-refractivity contribution in [2.45, 2.75) is 19.4 Å². The Balaban J connectivity index is 1.40. The van der Waals surface area contributed by atoms with Crippen LogP contribution >= 0.6 is 0 Å². The molecule has 1 aliphatic heterocycles. The van der Waals surface area contributed by atoms with Gasteiger partial charge in [0.05, 0.1) is 31.7 Å². The van der Waals surface area contributed by atoms with E-state index >= 15 is 0 Å². The molecule has 0 saturated carbocycles. The number of benzene rings is 1. The number of carbonyl (C=O) groups excluding carboxylic acids is 1. The summed E-state index contributed by atoms with van der Waals surface area (Å²) in [6.07, 6.45) is 8.67. The minimum Gasteiger partial charge on any atom is -0.492 e. The lowest BCUT2D eigenvalue weighted by molar-refractivity contribution is -0.134. The Morgan fingerprint density at radius 1 is 1.25 bits per heavy atom. The molecule has 0 spiro atoms. The van der Waals surface area contributed by atoms with Crippen LogP contribution in [-0.4, -0.2) is 54.2 Å². The Kier molecular flexibility index (Phi) is 7.37. The van der Waals surface area contributed by atoms with Crippen molar-refractivity contribution in [1.29, 1.82) is 0 Å². The number of nitrogens with one attached hydrogen (secondary N) is 1. The predicted molar refractivity (Wildman–Crippen MR) is 108 cm³/mol. The maximum atomic E-state index is 11.1. The lowest BCUT2D eigenvalue weighted by Gasteiger charge is -2.15. The topological polar surface area (TPSA) is 76.6 Å². The second kappa shape index (κ2) is 10.4. The van der Waals surface area contributed by atoms with Gasteiger partial charge in [-0.15, -0.1) is 0 Å². The third kappa shape index (κ3) is 6.35. The minimum atomic E-state index is -0.425. The maximum absolute atomic E-state index is 11.1. The molecule has 7 nitrogen and oxygen atoms in total. The molecule has 0 radical (unpaired) electrons. The van der Waals surface area contributed by atoms with E-state index in [1.807, 2.05) is 12.1 Å². The Labute approximate surface area is 165 Å². The van der Waals surface area contributed by atoms with E-state index in [2.05, 4.69) is 37.1 Å². The molecule has 1 fully saturated rings. The summed E-state index contributed by atoms with van der Waals surface area (Å²) in [5, 5.41) is 3.17. The van der Waals surface area contributed by atoms with E-state index in [1.165, 1.54) is 44.7 Å². The highest BCUT2D eigenvalue weighted by Crippen LogP contribution is 2.17. The van der Waals surface area contributed by atoms with Crippen LogP contribution in [0, 0.1) is 0 Å². The molecule has 0 bridgehead atoms. The van der Waals surface area contributed by atoms with E-state index in [0.717, 1.165) is 12.3 Å². The molecule has 7 heteroatoms. The molecule has 0 aliphatic carbocycles. The lowest BCUT2D eigenvalue weighted by Crippen LogP contribution is -2.18. The van der Waals surface area contributed by atoms with Crippen molar-refractivity contribution in [3.8, 4) is 5.75 Å². The molecule has 148 valence electrons. The lowest BCUT2D eigenvalue weighted by atomic mass is 10.2. The molecule has 0 amide bonds. The largest absolute Gasteiger partial charge is 0.492 e. The van der Waals surface area contributed by atoms with Crippen LogP contribution in [0.2, 0.25) is 0 Å². The highest BCUT2D eigenvalue weighted by atomic mass is 16.5. The molecule has 28 heavy (non-hydrogen) atoms. The number of esters is 1. The highest BCUT2D eigenvalue weighted by molar-refractivity contribution is 5.86. The van der Waals surface area contributed by atoms with E-state index in [0.29, 0.717) is 24.7 Å². The molecule has 2 heterocycles. The first-order valence-electron chi connectivity index (χ1n) is 9.49. The Bertz CT molecular complexity index is 786. The third-order valence-electron chi connectivity index (χ3n) is 4.44. The molecule has 3 rings (SSSR count). The van der Waals surface area contributed by atoms with Crippen molar-refractivity contribution in [3.05, 3.63) is 54.0 Å². The van der Waals surface area contributed by atoms with Gasteiger partial charge in [0.2, 0.25) is 0 Å². The Hall–Kier alpha value is -2.93. The SMILES string of the molecule is COC(=O)C=Cc1cnc(NCCOc2cccc(CN3CCCC3)c2)cn1. The van der Waals surface area contributed by atoms with Crippen LogP contribution in [-0.2, 0) is 16.1 Å². The fourth-order valence-electron chi connectivity index (χ4n) is 3.02. The summed E-state index contributed by atoms with van der Waals surface area (Å²) in [7, 11) is 1.33. The zero-order chi connectivity index (χ0) is 19.6. The summed E-state index contributed by atoms with van der Waals surface area (Å²) in [5.74, 6) is 1.11. The molecule has 2 aromatic rings. The summed E-state index contributed by atoms with van der Waals surface area (Å²) in [6.45, 7) is 4.50. The van der Waals surface area contributed by atoms with Gasteiger partial charge in [-0.05, 0) is 49.7 Å². The fraction of sp³-hybridized carbons (Fsp3) is 0.381. The van der Waals surface area contributed by atoms with Gasteiger partial charge < -0.3 is 14.8 Å². The molecule has 0 unspecified atom stereocenters. The van der Waals surface area contributed by atoms with E-state index in [-0.39, 0.29) is 0 Å². The summed E-state index contributed by atoms with van der Waals surface area (Å²) in [4.78, 5) is 22.0. The summed E-state index contributed by atoms with van der Waals surface area (Å²) in [5.41, 5.74) is 1.87. The molecule has 1 aliphatic rings.